The lowest BCUT2D eigenvalue weighted by atomic mass is 9.99. The fourth-order valence-corrected chi connectivity index (χ4v) is 5.13. The smallest absolute Gasteiger partial charge is 0.170 e. The molecule has 0 radical (unpaired) electrons. The van der Waals surface area contributed by atoms with Crippen molar-refractivity contribution in [3.05, 3.63) is 47.0 Å². The van der Waals surface area contributed by atoms with E-state index in [1.807, 2.05) is 24.8 Å². The van der Waals surface area contributed by atoms with Gasteiger partial charge in [-0.1, -0.05) is 20.8 Å². The topological polar surface area (TPSA) is 51.6 Å². The summed E-state index contributed by atoms with van der Waals surface area (Å²) in [6, 6.07) is 2.11. The molecule has 4 rings (SSSR count). The maximum Gasteiger partial charge on any atom is 0.170 e. The van der Waals surface area contributed by atoms with Crippen LogP contribution in [-0.2, 0) is 6.42 Å². The quantitative estimate of drug-likeness (QED) is 0.507. The molecule has 0 bridgehead atoms. The second kappa shape index (κ2) is 6.18. The monoisotopic (exact) mass is 354 g/mol. The minimum atomic E-state index is 0.352. The van der Waals surface area contributed by atoms with Gasteiger partial charge in [0.05, 0.1) is 20.6 Å². The number of hydrogen-bond donors (Lipinski definition) is 0. The highest BCUT2D eigenvalue weighted by molar-refractivity contribution is 7.18. The van der Waals surface area contributed by atoms with Gasteiger partial charge in [-0.15, -0.1) is 11.3 Å². The summed E-state index contributed by atoms with van der Waals surface area (Å²) >= 11 is 3.32. The lowest BCUT2D eigenvalue weighted by Crippen LogP contribution is -1.99. The van der Waals surface area contributed by atoms with E-state index in [4.69, 9.17) is 4.98 Å². The number of hydrogen-bond acceptors (Lipinski definition) is 6. The zero-order valence-electron chi connectivity index (χ0n) is 13.9. The summed E-state index contributed by atoms with van der Waals surface area (Å²) < 4.78 is 6.76. The first-order valence-electron chi connectivity index (χ1n) is 8.06. The van der Waals surface area contributed by atoms with Gasteiger partial charge < -0.3 is 0 Å². The summed E-state index contributed by atoms with van der Waals surface area (Å²) in [7, 11) is 0. The molecule has 0 fully saturated rings. The van der Waals surface area contributed by atoms with Crippen molar-refractivity contribution in [3.63, 3.8) is 0 Å². The van der Waals surface area contributed by atoms with E-state index in [1.54, 1.807) is 22.9 Å². The maximum atomic E-state index is 4.76. The number of aromatic nitrogens is 4. The number of rotatable bonds is 4. The van der Waals surface area contributed by atoms with Crippen LogP contribution in [0.2, 0.25) is 0 Å². The molecular weight excluding hydrogens is 336 g/mol. The fraction of sp³-hybridized carbons (Fsp3) is 0.333. The van der Waals surface area contributed by atoms with E-state index >= 15 is 0 Å². The van der Waals surface area contributed by atoms with Crippen LogP contribution in [0.3, 0.4) is 0 Å². The first-order chi connectivity index (χ1) is 11.6. The fourth-order valence-electron chi connectivity index (χ4n) is 2.97. The lowest BCUT2D eigenvalue weighted by Gasteiger charge is -2.10. The highest BCUT2D eigenvalue weighted by atomic mass is 32.1. The first kappa shape index (κ1) is 15.6. The van der Waals surface area contributed by atoms with Crippen molar-refractivity contribution >= 4 is 43.3 Å². The average molecular weight is 355 g/mol. The Morgan fingerprint density at radius 2 is 1.92 bits per heavy atom. The predicted octanol–water partition coefficient (Wildman–Crippen LogP) is 5.17. The third-order valence-corrected chi connectivity index (χ3v) is 6.27. The van der Waals surface area contributed by atoms with Crippen molar-refractivity contribution in [2.45, 2.75) is 39.0 Å². The van der Waals surface area contributed by atoms with E-state index in [1.165, 1.54) is 20.5 Å². The molecule has 122 valence electrons. The Morgan fingerprint density at radius 1 is 1.04 bits per heavy atom. The molecule has 24 heavy (non-hydrogen) atoms. The van der Waals surface area contributed by atoms with Gasteiger partial charge >= 0.3 is 0 Å². The molecule has 0 aromatic carbocycles. The Bertz CT molecular complexity index is 1000. The Hall–Kier alpha value is -1.92. The van der Waals surface area contributed by atoms with Crippen molar-refractivity contribution in [1.29, 1.82) is 0 Å². The minimum Gasteiger partial charge on any atom is -0.264 e. The highest BCUT2D eigenvalue weighted by Crippen LogP contribution is 2.33. The van der Waals surface area contributed by atoms with Gasteiger partial charge in [-0.05, 0) is 40.6 Å². The molecule has 0 aliphatic rings. The molecular formula is C18H18N4S2. The molecule has 0 amide bonds. The van der Waals surface area contributed by atoms with Gasteiger partial charge in [0, 0.05) is 30.4 Å². The Morgan fingerprint density at radius 3 is 2.75 bits per heavy atom. The molecule has 1 unspecified atom stereocenters. The van der Waals surface area contributed by atoms with Crippen LogP contribution in [0.5, 0.6) is 0 Å². The number of fused-ring (bicyclic) bond motifs is 2. The number of pyridine rings is 2. The molecule has 0 saturated heterocycles. The second-order valence-corrected chi connectivity index (χ2v) is 8.28. The summed E-state index contributed by atoms with van der Waals surface area (Å²) in [6.07, 6.45) is 8.51. The van der Waals surface area contributed by atoms with Crippen molar-refractivity contribution in [2.75, 3.05) is 0 Å². The Balaban J connectivity index is 1.69. The molecule has 1 atom stereocenters. The van der Waals surface area contributed by atoms with E-state index in [9.17, 15) is 0 Å². The van der Waals surface area contributed by atoms with E-state index in [2.05, 4.69) is 41.2 Å². The van der Waals surface area contributed by atoms with Gasteiger partial charge in [0.15, 0.2) is 5.65 Å². The maximum absolute atomic E-state index is 4.76. The molecule has 6 heteroatoms. The van der Waals surface area contributed by atoms with Crippen LogP contribution in [0.1, 0.15) is 48.7 Å². The molecule has 0 aliphatic heterocycles. The summed E-state index contributed by atoms with van der Waals surface area (Å²) in [5, 5.41) is 2.26. The van der Waals surface area contributed by atoms with Crippen molar-refractivity contribution < 1.29 is 0 Å². The van der Waals surface area contributed by atoms with Crippen molar-refractivity contribution in [1.82, 2.24) is 19.3 Å². The molecule has 4 aromatic heterocycles. The van der Waals surface area contributed by atoms with Crippen LogP contribution in [0, 0.1) is 0 Å². The zero-order chi connectivity index (χ0) is 16.7. The Kier molecular flexibility index (Phi) is 4.02. The highest BCUT2D eigenvalue weighted by Gasteiger charge is 2.17. The van der Waals surface area contributed by atoms with E-state index in [-0.39, 0.29) is 0 Å². The van der Waals surface area contributed by atoms with Gasteiger partial charge in [0.2, 0.25) is 0 Å². The van der Waals surface area contributed by atoms with Gasteiger partial charge in [-0.25, -0.2) is 9.97 Å². The van der Waals surface area contributed by atoms with E-state index in [0.717, 1.165) is 22.5 Å². The van der Waals surface area contributed by atoms with Gasteiger partial charge in [-0.3, -0.25) is 4.98 Å². The summed E-state index contributed by atoms with van der Waals surface area (Å²) in [6.45, 7) is 6.67. The molecule has 0 saturated carbocycles. The van der Waals surface area contributed by atoms with Crippen LogP contribution in [-0.4, -0.2) is 19.3 Å². The number of thiazole rings is 1. The van der Waals surface area contributed by atoms with Crippen molar-refractivity contribution in [2.24, 2.45) is 0 Å². The second-order valence-electron chi connectivity index (χ2n) is 6.39. The lowest BCUT2D eigenvalue weighted by molar-refractivity contribution is 0.759. The summed E-state index contributed by atoms with van der Waals surface area (Å²) in [5.41, 5.74) is 3.47. The van der Waals surface area contributed by atoms with Crippen LogP contribution in [0.15, 0.2) is 30.9 Å². The predicted molar refractivity (Wildman–Crippen MR) is 101 cm³/mol. The molecule has 0 aliphatic carbocycles. The van der Waals surface area contributed by atoms with Gasteiger partial charge in [0.1, 0.15) is 0 Å². The molecule has 4 nitrogen and oxygen atoms in total. The van der Waals surface area contributed by atoms with Gasteiger partial charge in [-0.2, -0.15) is 4.37 Å². The zero-order valence-corrected chi connectivity index (χ0v) is 15.5. The Labute approximate surface area is 148 Å². The molecule has 0 N–H and O–H groups in total. The van der Waals surface area contributed by atoms with Crippen LogP contribution >= 0.6 is 22.9 Å². The molecule has 0 spiro atoms. The first-order valence-corrected chi connectivity index (χ1v) is 9.65. The average Bonchev–Trinajstić information content (AvgIpc) is 3.19. The number of nitrogens with zero attached hydrogens (tertiary/aromatic N) is 4. The summed E-state index contributed by atoms with van der Waals surface area (Å²) in [4.78, 5) is 13.6. The van der Waals surface area contributed by atoms with E-state index in [0.29, 0.717) is 11.8 Å². The third kappa shape index (κ3) is 2.70. The van der Waals surface area contributed by atoms with Crippen LogP contribution < -0.4 is 0 Å². The minimum absolute atomic E-state index is 0.352. The summed E-state index contributed by atoms with van der Waals surface area (Å²) in [5.74, 6) is 0.834. The van der Waals surface area contributed by atoms with Gasteiger partial charge in [0.25, 0.3) is 0 Å². The standard InChI is InChI=1S/C18H18N4S2/c1-10(2)13-4-5-20-18-17(13)23-15(22-18)6-11(3)14-9-19-7-12-8-21-24-16(12)14/h4-5,7-11H,6H2,1-3H3. The third-order valence-electron chi connectivity index (χ3n) is 4.29. The normalized spacial score (nSPS) is 13.2. The van der Waals surface area contributed by atoms with Crippen molar-refractivity contribution in [3.8, 4) is 0 Å². The molecule has 4 aromatic rings. The SMILES string of the molecule is CC(C)c1ccnc2nc(CC(C)c3cncc4cnsc34)sc12. The largest absolute Gasteiger partial charge is 0.264 e. The van der Waals surface area contributed by atoms with E-state index < -0.39 is 0 Å². The molecule has 4 heterocycles. The van der Waals surface area contributed by atoms with Crippen LogP contribution in [0.25, 0.3) is 20.4 Å². The van der Waals surface area contributed by atoms with Crippen LogP contribution in [0.4, 0.5) is 0 Å².